The summed E-state index contributed by atoms with van der Waals surface area (Å²) in [6.07, 6.45) is 2.92. The number of nitro benzene ring substituents is 1. The molecule has 5 rings (SSSR count). The Labute approximate surface area is 167 Å². The summed E-state index contributed by atoms with van der Waals surface area (Å²) >= 11 is 0. The summed E-state index contributed by atoms with van der Waals surface area (Å²) in [7, 11) is 0. The average Bonchev–Trinajstić information content (AvgIpc) is 3.33. The monoisotopic (exact) mass is 400 g/mol. The number of azo groups is 1. The molecule has 0 bridgehead atoms. The van der Waals surface area contributed by atoms with Crippen LogP contribution in [0.4, 0.5) is 17.2 Å². The molecule has 3 aromatic heterocycles. The van der Waals surface area contributed by atoms with Gasteiger partial charge in [0.2, 0.25) is 5.88 Å². The van der Waals surface area contributed by atoms with Crippen LogP contribution >= 0.6 is 0 Å². The van der Waals surface area contributed by atoms with Gasteiger partial charge in [-0.1, -0.05) is 18.2 Å². The first kappa shape index (κ1) is 17.4. The van der Waals surface area contributed by atoms with Crippen molar-refractivity contribution in [3.8, 4) is 11.6 Å². The van der Waals surface area contributed by atoms with Crippen LogP contribution in [0, 0.1) is 10.1 Å². The van der Waals surface area contributed by atoms with E-state index in [0.717, 1.165) is 5.69 Å². The minimum Gasteiger partial charge on any atom is -0.493 e. The third kappa shape index (κ3) is 2.81. The molecule has 0 saturated heterocycles. The van der Waals surface area contributed by atoms with Crippen LogP contribution in [0.15, 0.2) is 71.3 Å². The lowest BCUT2D eigenvalue weighted by Gasteiger charge is -2.01. The normalized spacial score (nSPS) is 11.6. The minimum atomic E-state index is -0.518. The first-order valence-corrected chi connectivity index (χ1v) is 8.77. The van der Waals surface area contributed by atoms with Gasteiger partial charge < -0.3 is 10.1 Å². The fourth-order valence-corrected chi connectivity index (χ4v) is 3.13. The van der Waals surface area contributed by atoms with Crippen molar-refractivity contribution >= 4 is 39.1 Å². The second kappa shape index (κ2) is 6.74. The number of aromatic nitrogens is 5. The number of benzene rings is 2. The van der Waals surface area contributed by atoms with E-state index in [0.29, 0.717) is 21.9 Å². The topological polar surface area (TPSA) is 147 Å². The molecule has 146 valence electrons. The maximum Gasteiger partial charge on any atom is 0.270 e. The van der Waals surface area contributed by atoms with Crippen LogP contribution in [-0.2, 0) is 0 Å². The number of nitro groups is 1. The van der Waals surface area contributed by atoms with Crippen LogP contribution < -0.4 is 0 Å². The predicted octanol–water partition coefficient (Wildman–Crippen LogP) is 4.33. The molecule has 0 radical (unpaired) electrons. The Morgan fingerprint density at radius 1 is 1.07 bits per heavy atom. The van der Waals surface area contributed by atoms with Gasteiger partial charge >= 0.3 is 0 Å². The summed E-state index contributed by atoms with van der Waals surface area (Å²) in [6.45, 7) is 0. The molecule has 30 heavy (non-hydrogen) atoms. The fraction of sp³-hybridized carbons (Fsp3) is 0. The molecule has 0 aliphatic carbocycles. The largest absolute Gasteiger partial charge is 0.493 e. The van der Waals surface area contributed by atoms with Gasteiger partial charge in [-0.05, 0) is 18.2 Å². The van der Waals surface area contributed by atoms with Crippen LogP contribution in [0.1, 0.15) is 0 Å². The highest BCUT2D eigenvalue weighted by Crippen LogP contribution is 2.38. The van der Waals surface area contributed by atoms with Crippen molar-refractivity contribution in [1.29, 1.82) is 0 Å². The van der Waals surface area contributed by atoms with E-state index >= 15 is 0 Å². The fourth-order valence-electron chi connectivity index (χ4n) is 3.13. The Bertz CT molecular complexity index is 1440. The number of nitrogens with zero attached hydrogens (tertiary/aromatic N) is 7. The summed E-state index contributed by atoms with van der Waals surface area (Å²) in [5.41, 5.74) is 1.83. The molecule has 0 fully saturated rings. The Kier molecular flexibility index (Phi) is 3.92. The van der Waals surface area contributed by atoms with E-state index in [2.05, 4.69) is 30.3 Å². The second-order valence-electron chi connectivity index (χ2n) is 6.34. The van der Waals surface area contributed by atoms with E-state index in [4.69, 9.17) is 0 Å². The lowest BCUT2D eigenvalue weighted by Crippen LogP contribution is -1.96. The lowest BCUT2D eigenvalue weighted by molar-refractivity contribution is -0.384. The van der Waals surface area contributed by atoms with E-state index in [9.17, 15) is 15.2 Å². The van der Waals surface area contributed by atoms with Gasteiger partial charge in [0, 0.05) is 17.5 Å². The Morgan fingerprint density at radius 3 is 2.70 bits per heavy atom. The first-order chi connectivity index (χ1) is 14.6. The smallest absolute Gasteiger partial charge is 0.270 e. The molecule has 0 aliphatic rings. The molecule has 0 saturated carbocycles. The molecule has 11 nitrogen and oxygen atoms in total. The number of fused-ring (bicyclic) bond motifs is 2. The zero-order valence-corrected chi connectivity index (χ0v) is 15.2. The van der Waals surface area contributed by atoms with Crippen molar-refractivity contribution in [2.24, 2.45) is 10.2 Å². The molecular formula is C19H12N8O3. The average molecular weight is 400 g/mol. The number of H-pyrrole nitrogens is 1. The highest BCUT2D eigenvalue weighted by atomic mass is 16.6. The zero-order valence-electron chi connectivity index (χ0n) is 15.2. The molecule has 2 N–H and O–H groups in total. The van der Waals surface area contributed by atoms with Crippen LogP contribution in [0.2, 0.25) is 0 Å². The maximum atomic E-state index is 11.1. The SMILES string of the molecule is O=[N+]([O-])c1ccc2[nH]c(O)c(N=Nc3ncnc4c3cnn4-c3ccccc3)c2c1. The molecule has 3 heterocycles. The summed E-state index contributed by atoms with van der Waals surface area (Å²) in [4.78, 5) is 21.7. The van der Waals surface area contributed by atoms with Gasteiger partial charge in [-0.25, -0.2) is 14.6 Å². The summed E-state index contributed by atoms with van der Waals surface area (Å²) < 4.78 is 1.66. The van der Waals surface area contributed by atoms with Gasteiger partial charge in [0.1, 0.15) is 6.33 Å². The molecule has 0 spiro atoms. The molecule has 0 atom stereocenters. The van der Waals surface area contributed by atoms with Crippen molar-refractivity contribution in [3.05, 3.63) is 71.2 Å². The number of aromatic hydroxyl groups is 1. The molecule has 11 heteroatoms. The Morgan fingerprint density at radius 2 is 1.90 bits per heavy atom. The Hall–Kier alpha value is -4.67. The number of nitrogens with one attached hydrogen (secondary N) is 1. The minimum absolute atomic E-state index is 0.0795. The van der Waals surface area contributed by atoms with Crippen LogP contribution in [0.25, 0.3) is 27.6 Å². The number of para-hydroxylation sites is 1. The molecule has 0 aliphatic heterocycles. The van der Waals surface area contributed by atoms with Crippen LogP contribution in [0.3, 0.4) is 0 Å². The van der Waals surface area contributed by atoms with Crippen molar-refractivity contribution in [2.45, 2.75) is 0 Å². The van der Waals surface area contributed by atoms with Gasteiger partial charge in [0.15, 0.2) is 17.2 Å². The number of rotatable bonds is 4. The quantitative estimate of drug-likeness (QED) is 0.261. The van der Waals surface area contributed by atoms with Crippen molar-refractivity contribution in [3.63, 3.8) is 0 Å². The number of aromatic amines is 1. The summed E-state index contributed by atoms with van der Waals surface area (Å²) in [5.74, 6) is 0.000825. The van der Waals surface area contributed by atoms with E-state index in [1.807, 2.05) is 30.3 Å². The van der Waals surface area contributed by atoms with E-state index in [1.165, 1.54) is 24.5 Å². The molecule has 0 amide bonds. The predicted molar refractivity (Wildman–Crippen MR) is 107 cm³/mol. The highest BCUT2D eigenvalue weighted by molar-refractivity contribution is 5.95. The Balaban J connectivity index is 1.60. The molecular weight excluding hydrogens is 388 g/mol. The molecule has 0 unspecified atom stereocenters. The van der Waals surface area contributed by atoms with Crippen molar-refractivity contribution in [2.75, 3.05) is 0 Å². The standard InChI is InChI=1S/C19H12N8O3/c28-19-16(13-8-12(27(29)30)6-7-15(13)23-19)24-25-17-14-9-22-26(18(14)21-10-20-17)11-4-2-1-3-5-11/h1-10,23,28H. The molecule has 5 aromatic rings. The molecule has 2 aromatic carbocycles. The summed E-state index contributed by atoms with van der Waals surface area (Å²) in [6, 6.07) is 13.6. The second-order valence-corrected chi connectivity index (χ2v) is 6.34. The van der Waals surface area contributed by atoms with E-state index in [1.54, 1.807) is 10.9 Å². The number of hydrogen-bond acceptors (Lipinski definition) is 8. The van der Waals surface area contributed by atoms with Crippen molar-refractivity contribution in [1.82, 2.24) is 24.7 Å². The van der Waals surface area contributed by atoms with Gasteiger partial charge in [0.05, 0.1) is 27.7 Å². The van der Waals surface area contributed by atoms with Crippen molar-refractivity contribution < 1.29 is 10.0 Å². The first-order valence-electron chi connectivity index (χ1n) is 8.77. The zero-order chi connectivity index (χ0) is 20.7. The van der Waals surface area contributed by atoms with Gasteiger partial charge in [0.25, 0.3) is 5.69 Å². The number of non-ortho nitro benzene ring substituents is 1. The van der Waals surface area contributed by atoms with Crippen LogP contribution in [0.5, 0.6) is 5.88 Å². The summed E-state index contributed by atoms with van der Waals surface area (Å²) in [5, 5.41) is 34.8. The van der Waals surface area contributed by atoms with Crippen LogP contribution in [-0.4, -0.2) is 34.8 Å². The third-order valence-electron chi connectivity index (χ3n) is 4.54. The lowest BCUT2D eigenvalue weighted by atomic mass is 10.2. The maximum absolute atomic E-state index is 11.1. The van der Waals surface area contributed by atoms with Gasteiger partial charge in [-0.2, -0.15) is 5.10 Å². The van der Waals surface area contributed by atoms with Gasteiger partial charge in [-0.15, -0.1) is 10.2 Å². The van der Waals surface area contributed by atoms with E-state index < -0.39 is 4.92 Å². The third-order valence-corrected chi connectivity index (χ3v) is 4.54. The highest BCUT2D eigenvalue weighted by Gasteiger charge is 2.16. The number of hydrogen-bond donors (Lipinski definition) is 2. The van der Waals surface area contributed by atoms with E-state index in [-0.39, 0.29) is 23.1 Å². The van der Waals surface area contributed by atoms with Gasteiger partial charge in [-0.3, -0.25) is 10.1 Å².